The SMILES string of the molecule is COC(=O)Cc1ccc(-c2nc(N3CCOCC3)nc3c2cnn3C2CCOCC2)cc1. The molecule has 9 nitrogen and oxygen atoms in total. The lowest BCUT2D eigenvalue weighted by atomic mass is 10.1. The van der Waals surface area contributed by atoms with Gasteiger partial charge in [0.05, 0.1) is 50.1 Å². The molecule has 2 aliphatic heterocycles. The Morgan fingerprint density at radius 2 is 1.78 bits per heavy atom. The summed E-state index contributed by atoms with van der Waals surface area (Å²) < 4.78 is 17.9. The number of carbonyl (C=O) groups excluding carboxylic acids is 1. The van der Waals surface area contributed by atoms with Gasteiger partial charge in [-0.3, -0.25) is 4.79 Å². The monoisotopic (exact) mass is 437 g/mol. The number of carbonyl (C=O) groups is 1. The number of anilines is 1. The lowest BCUT2D eigenvalue weighted by Crippen LogP contribution is -2.37. The molecule has 3 aromatic rings. The molecular weight excluding hydrogens is 410 g/mol. The van der Waals surface area contributed by atoms with Gasteiger partial charge in [0.15, 0.2) is 5.65 Å². The number of nitrogens with zero attached hydrogens (tertiary/aromatic N) is 5. The van der Waals surface area contributed by atoms with Crippen LogP contribution in [-0.2, 0) is 25.4 Å². The Hall–Kier alpha value is -3.04. The maximum Gasteiger partial charge on any atom is 0.309 e. The molecule has 2 fully saturated rings. The van der Waals surface area contributed by atoms with Crippen LogP contribution >= 0.6 is 0 Å². The van der Waals surface area contributed by atoms with Gasteiger partial charge in [-0.2, -0.15) is 10.1 Å². The van der Waals surface area contributed by atoms with Crippen molar-refractivity contribution in [3.05, 3.63) is 36.0 Å². The van der Waals surface area contributed by atoms with Gasteiger partial charge in [0.2, 0.25) is 5.95 Å². The molecular formula is C23H27N5O4. The van der Waals surface area contributed by atoms with Crippen molar-refractivity contribution in [2.75, 3.05) is 51.5 Å². The van der Waals surface area contributed by atoms with Crippen LogP contribution < -0.4 is 4.90 Å². The third kappa shape index (κ3) is 4.18. The van der Waals surface area contributed by atoms with E-state index in [4.69, 9.17) is 29.3 Å². The first kappa shape index (κ1) is 20.8. The number of esters is 1. The number of hydrogen-bond acceptors (Lipinski definition) is 8. The molecule has 5 rings (SSSR count). The highest BCUT2D eigenvalue weighted by Gasteiger charge is 2.24. The zero-order chi connectivity index (χ0) is 21.9. The maximum absolute atomic E-state index is 11.6. The van der Waals surface area contributed by atoms with Crippen LogP contribution in [0.1, 0.15) is 24.4 Å². The fourth-order valence-corrected chi connectivity index (χ4v) is 4.26. The first-order valence-corrected chi connectivity index (χ1v) is 11.0. The van der Waals surface area contributed by atoms with E-state index in [0.717, 1.165) is 67.0 Å². The van der Waals surface area contributed by atoms with E-state index in [1.807, 2.05) is 35.1 Å². The van der Waals surface area contributed by atoms with Gasteiger partial charge in [0.1, 0.15) is 0 Å². The summed E-state index contributed by atoms with van der Waals surface area (Å²) in [6.07, 6.45) is 3.96. The summed E-state index contributed by atoms with van der Waals surface area (Å²) in [5, 5.41) is 5.64. The van der Waals surface area contributed by atoms with Crippen molar-refractivity contribution in [1.82, 2.24) is 19.7 Å². The smallest absolute Gasteiger partial charge is 0.309 e. The van der Waals surface area contributed by atoms with Crippen LogP contribution in [0.4, 0.5) is 5.95 Å². The van der Waals surface area contributed by atoms with E-state index in [1.165, 1.54) is 7.11 Å². The van der Waals surface area contributed by atoms with Gasteiger partial charge < -0.3 is 19.1 Å². The average molecular weight is 438 g/mol. The molecule has 0 atom stereocenters. The van der Waals surface area contributed by atoms with Crippen molar-refractivity contribution < 1.29 is 19.0 Å². The van der Waals surface area contributed by atoms with Crippen molar-refractivity contribution in [1.29, 1.82) is 0 Å². The predicted molar refractivity (Wildman–Crippen MR) is 119 cm³/mol. The summed E-state index contributed by atoms with van der Waals surface area (Å²) in [5.74, 6) is 0.442. The summed E-state index contributed by atoms with van der Waals surface area (Å²) in [7, 11) is 1.40. The number of fused-ring (bicyclic) bond motifs is 1. The van der Waals surface area contributed by atoms with Crippen molar-refractivity contribution in [2.45, 2.75) is 25.3 Å². The number of morpholine rings is 1. The lowest BCUT2D eigenvalue weighted by Gasteiger charge is -2.27. The van der Waals surface area contributed by atoms with Gasteiger partial charge in [-0.15, -0.1) is 0 Å². The second-order valence-corrected chi connectivity index (χ2v) is 8.09. The molecule has 1 aromatic carbocycles. The average Bonchev–Trinajstić information content (AvgIpc) is 3.29. The van der Waals surface area contributed by atoms with Crippen molar-refractivity contribution in [3.8, 4) is 11.3 Å². The van der Waals surface area contributed by atoms with E-state index in [2.05, 4.69) is 4.90 Å². The Balaban J connectivity index is 1.57. The Morgan fingerprint density at radius 3 is 2.50 bits per heavy atom. The van der Waals surface area contributed by atoms with E-state index in [1.54, 1.807) is 0 Å². The van der Waals surface area contributed by atoms with E-state index >= 15 is 0 Å². The van der Waals surface area contributed by atoms with E-state index < -0.39 is 0 Å². The van der Waals surface area contributed by atoms with Crippen molar-refractivity contribution in [2.24, 2.45) is 0 Å². The first-order chi connectivity index (χ1) is 15.7. The van der Waals surface area contributed by atoms with E-state index in [-0.39, 0.29) is 18.4 Å². The number of methoxy groups -OCH3 is 1. The Kier molecular flexibility index (Phi) is 6.00. The van der Waals surface area contributed by atoms with Gasteiger partial charge in [0, 0.05) is 31.9 Å². The second-order valence-electron chi connectivity index (χ2n) is 8.09. The molecule has 2 aliphatic rings. The number of benzene rings is 1. The van der Waals surface area contributed by atoms with Gasteiger partial charge in [-0.05, 0) is 18.4 Å². The number of aromatic nitrogens is 4. The fourth-order valence-electron chi connectivity index (χ4n) is 4.26. The first-order valence-electron chi connectivity index (χ1n) is 11.0. The highest BCUT2D eigenvalue weighted by molar-refractivity contribution is 5.91. The number of ether oxygens (including phenoxy) is 3. The summed E-state index contributed by atoms with van der Waals surface area (Å²) in [6.45, 7) is 4.32. The third-order valence-electron chi connectivity index (χ3n) is 6.08. The topological polar surface area (TPSA) is 91.6 Å². The molecule has 0 N–H and O–H groups in total. The van der Waals surface area contributed by atoms with E-state index in [9.17, 15) is 4.79 Å². The molecule has 4 heterocycles. The van der Waals surface area contributed by atoms with Crippen molar-refractivity contribution in [3.63, 3.8) is 0 Å². The third-order valence-corrected chi connectivity index (χ3v) is 6.08. The largest absolute Gasteiger partial charge is 0.469 e. The highest BCUT2D eigenvalue weighted by Crippen LogP contribution is 2.32. The van der Waals surface area contributed by atoms with Crippen LogP contribution in [0.25, 0.3) is 22.3 Å². The number of rotatable bonds is 5. The van der Waals surface area contributed by atoms with Crippen LogP contribution in [0.2, 0.25) is 0 Å². The van der Waals surface area contributed by atoms with Crippen LogP contribution in [-0.4, -0.2) is 72.3 Å². The van der Waals surface area contributed by atoms with Gasteiger partial charge in [-0.1, -0.05) is 24.3 Å². The molecule has 0 spiro atoms. The Morgan fingerprint density at radius 1 is 1.06 bits per heavy atom. The molecule has 0 bridgehead atoms. The molecule has 0 saturated carbocycles. The maximum atomic E-state index is 11.6. The standard InChI is InChI=1S/C23H27N5O4/c1-30-20(29)14-16-2-4-17(5-3-16)21-19-15-24-28(18-6-10-31-11-7-18)22(19)26-23(25-21)27-8-12-32-13-9-27/h2-5,15,18H,6-14H2,1H3. The molecule has 2 aromatic heterocycles. The minimum atomic E-state index is -0.255. The zero-order valence-corrected chi connectivity index (χ0v) is 18.2. The molecule has 0 aliphatic carbocycles. The van der Waals surface area contributed by atoms with Crippen LogP contribution in [0.15, 0.2) is 30.5 Å². The van der Waals surface area contributed by atoms with Crippen LogP contribution in [0.5, 0.6) is 0 Å². The van der Waals surface area contributed by atoms with Crippen LogP contribution in [0, 0.1) is 0 Å². The summed E-state index contributed by atoms with van der Waals surface area (Å²) in [6, 6.07) is 8.14. The number of hydrogen-bond donors (Lipinski definition) is 0. The molecule has 0 unspecified atom stereocenters. The van der Waals surface area contributed by atoms with Gasteiger partial charge in [0.25, 0.3) is 0 Å². The fraction of sp³-hybridized carbons (Fsp3) is 0.478. The van der Waals surface area contributed by atoms with Gasteiger partial charge in [-0.25, -0.2) is 9.67 Å². The molecule has 0 radical (unpaired) electrons. The summed E-state index contributed by atoms with van der Waals surface area (Å²) >= 11 is 0. The molecule has 168 valence electrons. The van der Waals surface area contributed by atoms with E-state index in [0.29, 0.717) is 19.2 Å². The molecule has 2 saturated heterocycles. The lowest BCUT2D eigenvalue weighted by molar-refractivity contribution is -0.139. The highest BCUT2D eigenvalue weighted by atomic mass is 16.5. The minimum Gasteiger partial charge on any atom is -0.469 e. The summed E-state index contributed by atoms with van der Waals surface area (Å²) in [5.41, 5.74) is 3.56. The predicted octanol–water partition coefficient (Wildman–Crippen LogP) is 2.40. The normalized spacial score (nSPS) is 17.6. The zero-order valence-electron chi connectivity index (χ0n) is 18.2. The second kappa shape index (κ2) is 9.22. The summed E-state index contributed by atoms with van der Waals surface area (Å²) in [4.78, 5) is 23.7. The quantitative estimate of drug-likeness (QED) is 0.562. The minimum absolute atomic E-state index is 0.247. The molecule has 32 heavy (non-hydrogen) atoms. The van der Waals surface area contributed by atoms with Crippen LogP contribution in [0.3, 0.4) is 0 Å². The van der Waals surface area contributed by atoms with Crippen molar-refractivity contribution >= 4 is 23.0 Å². The Bertz CT molecular complexity index is 1090. The van der Waals surface area contributed by atoms with Gasteiger partial charge >= 0.3 is 5.97 Å². The molecule has 0 amide bonds. The Labute approximate surface area is 186 Å². The molecule has 9 heteroatoms.